The van der Waals surface area contributed by atoms with Crippen LogP contribution in [-0.2, 0) is 14.3 Å². The topological polar surface area (TPSA) is 84.1 Å². The standard InChI is InChI=1S/C17H20FN3O3/c1-9(14-10(2)20-21-11(14)3)16(22)19-15(17(23)24-4)12-7-5-6-8-13(12)18/h5-9,15H,1-4H3,(H,19,22)(H,20,21)/t9-,15+/m1/s1. The number of H-pyrrole nitrogens is 1. The van der Waals surface area contributed by atoms with Crippen LogP contribution in [0.5, 0.6) is 0 Å². The number of aromatic nitrogens is 2. The van der Waals surface area contributed by atoms with E-state index in [9.17, 15) is 14.0 Å². The summed E-state index contributed by atoms with van der Waals surface area (Å²) in [6, 6.07) is 4.56. The third-order valence-electron chi connectivity index (χ3n) is 3.95. The van der Waals surface area contributed by atoms with E-state index in [2.05, 4.69) is 15.5 Å². The fourth-order valence-electron chi connectivity index (χ4n) is 2.69. The number of ether oxygens (including phenoxy) is 1. The minimum absolute atomic E-state index is 0.0607. The van der Waals surface area contributed by atoms with Gasteiger partial charge >= 0.3 is 5.97 Å². The number of aromatic amines is 1. The number of carbonyl (C=O) groups excluding carboxylic acids is 2. The summed E-state index contributed by atoms with van der Waals surface area (Å²) in [5.41, 5.74) is 2.29. The fourth-order valence-corrected chi connectivity index (χ4v) is 2.69. The van der Waals surface area contributed by atoms with Crippen LogP contribution in [-0.4, -0.2) is 29.2 Å². The fraction of sp³-hybridized carbons (Fsp3) is 0.353. The van der Waals surface area contributed by atoms with E-state index in [1.54, 1.807) is 19.9 Å². The lowest BCUT2D eigenvalue weighted by Crippen LogP contribution is -2.37. The van der Waals surface area contributed by atoms with Crippen LogP contribution in [0.15, 0.2) is 24.3 Å². The van der Waals surface area contributed by atoms with Crippen LogP contribution in [0.1, 0.15) is 41.4 Å². The van der Waals surface area contributed by atoms with Crippen molar-refractivity contribution in [1.82, 2.24) is 15.5 Å². The summed E-state index contributed by atoms with van der Waals surface area (Å²) < 4.78 is 18.7. The molecule has 2 rings (SSSR count). The number of hydrogen-bond donors (Lipinski definition) is 2. The Labute approximate surface area is 139 Å². The molecule has 24 heavy (non-hydrogen) atoms. The van der Waals surface area contributed by atoms with Crippen LogP contribution in [0, 0.1) is 19.7 Å². The highest BCUT2D eigenvalue weighted by atomic mass is 19.1. The van der Waals surface area contributed by atoms with Crippen molar-refractivity contribution in [3.8, 4) is 0 Å². The van der Waals surface area contributed by atoms with Crippen molar-refractivity contribution < 1.29 is 18.7 Å². The molecule has 1 aromatic carbocycles. The third kappa shape index (κ3) is 3.45. The van der Waals surface area contributed by atoms with Crippen molar-refractivity contribution >= 4 is 11.9 Å². The van der Waals surface area contributed by atoms with Gasteiger partial charge in [-0.25, -0.2) is 9.18 Å². The van der Waals surface area contributed by atoms with Gasteiger partial charge in [0.05, 0.1) is 18.7 Å². The predicted molar refractivity (Wildman–Crippen MR) is 85.8 cm³/mol. The summed E-state index contributed by atoms with van der Waals surface area (Å²) in [6.45, 7) is 5.31. The molecule has 0 fully saturated rings. The Bertz CT molecular complexity index is 738. The number of nitrogens with zero attached hydrogens (tertiary/aromatic N) is 1. The van der Waals surface area contributed by atoms with Crippen molar-refractivity contribution in [2.45, 2.75) is 32.7 Å². The van der Waals surface area contributed by atoms with E-state index in [0.29, 0.717) is 5.69 Å². The third-order valence-corrected chi connectivity index (χ3v) is 3.95. The van der Waals surface area contributed by atoms with Crippen LogP contribution in [0.25, 0.3) is 0 Å². The molecule has 0 unspecified atom stereocenters. The Morgan fingerprint density at radius 2 is 1.96 bits per heavy atom. The number of aryl methyl sites for hydroxylation is 2. The Morgan fingerprint density at radius 1 is 1.29 bits per heavy atom. The van der Waals surface area contributed by atoms with Crippen LogP contribution in [0.2, 0.25) is 0 Å². The first kappa shape index (κ1) is 17.7. The summed E-state index contributed by atoms with van der Waals surface area (Å²) in [5, 5.41) is 9.46. The van der Waals surface area contributed by atoms with Gasteiger partial charge in [0.2, 0.25) is 5.91 Å². The molecule has 1 heterocycles. The molecular weight excluding hydrogens is 313 g/mol. The highest BCUT2D eigenvalue weighted by molar-refractivity contribution is 5.89. The predicted octanol–water partition coefficient (Wildman–Crippen LogP) is 2.30. The average molecular weight is 333 g/mol. The lowest BCUT2D eigenvalue weighted by molar-refractivity contribution is -0.145. The van der Waals surface area contributed by atoms with Gasteiger partial charge < -0.3 is 10.1 Å². The molecule has 2 N–H and O–H groups in total. The number of rotatable bonds is 5. The molecule has 0 radical (unpaired) electrons. The number of amides is 1. The van der Waals surface area contributed by atoms with Crippen molar-refractivity contribution in [2.24, 2.45) is 0 Å². The summed E-state index contributed by atoms with van der Waals surface area (Å²) in [7, 11) is 1.19. The first-order chi connectivity index (χ1) is 11.4. The van der Waals surface area contributed by atoms with E-state index in [-0.39, 0.29) is 5.56 Å². The van der Waals surface area contributed by atoms with Crippen LogP contribution >= 0.6 is 0 Å². The number of carbonyl (C=O) groups is 2. The maximum absolute atomic E-state index is 14.0. The van der Waals surface area contributed by atoms with E-state index in [0.717, 1.165) is 11.3 Å². The van der Waals surface area contributed by atoms with Gasteiger partial charge in [0.25, 0.3) is 0 Å². The quantitative estimate of drug-likeness (QED) is 0.822. The largest absolute Gasteiger partial charge is 0.467 e. The molecule has 0 saturated heterocycles. The number of esters is 1. The van der Waals surface area contributed by atoms with Crippen LogP contribution in [0.3, 0.4) is 0 Å². The van der Waals surface area contributed by atoms with Gasteiger partial charge in [-0.2, -0.15) is 5.10 Å². The minimum Gasteiger partial charge on any atom is -0.467 e. The lowest BCUT2D eigenvalue weighted by atomic mass is 9.97. The number of hydrogen-bond acceptors (Lipinski definition) is 4. The van der Waals surface area contributed by atoms with E-state index >= 15 is 0 Å². The second-order valence-electron chi connectivity index (χ2n) is 5.56. The zero-order valence-electron chi connectivity index (χ0n) is 14.0. The Kier molecular flexibility index (Phi) is 5.33. The van der Waals surface area contributed by atoms with Gasteiger partial charge in [-0.15, -0.1) is 0 Å². The molecule has 0 spiro atoms. The van der Waals surface area contributed by atoms with E-state index in [4.69, 9.17) is 4.74 Å². The zero-order chi connectivity index (χ0) is 17.9. The molecule has 7 heteroatoms. The summed E-state index contributed by atoms with van der Waals surface area (Å²) in [6.07, 6.45) is 0. The highest BCUT2D eigenvalue weighted by Crippen LogP contribution is 2.24. The number of nitrogens with one attached hydrogen (secondary N) is 2. The van der Waals surface area contributed by atoms with Gasteiger partial charge in [0.15, 0.2) is 6.04 Å². The van der Waals surface area contributed by atoms with Crippen molar-refractivity contribution in [3.63, 3.8) is 0 Å². The molecule has 0 aliphatic carbocycles. The van der Waals surface area contributed by atoms with E-state index < -0.39 is 29.7 Å². The monoisotopic (exact) mass is 333 g/mol. The Morgan fingerprint density at radius 3 is 2.50 bits per heavy atom. The second-order valence-corrected chi connectivity index (χ2v) is 5.56. The van der Waals surface area contributed by atoms with Gasteiger partial charge in [-0.3, -0.25) is 9.89 Å². The van der Waals surface area contributed by atoms with E-state index in [1.807, 2.05) is 6.92 Å². The maximum atomic E-state index is 14.0. The van der Waals surface area contributed by atoms with E-state index in [1.165, 1.54) is 25.3 Å². The summed E-state index contributed by atoms with van der Waals surface area (Å²) in [4.78, 5) is 24.6. The zero-order valence-corrected chi connectivity index (χ0v) is 14.0. The molecule has 1 amide bonds. The molecule has 2 atom stereocenters. The van der Waals surface area contributed by atoms with Gasteiger partial charge in [-0.1, -0.05) is 18.2 Å². The van der Waals surface area contributed by atoms with Gasteiger partial charge in [0, 0.05) is 16.8 Å². The molecule has 0 aliphatic rings. The van der Waals surface area contributed by atoms with Gasteiger partial charge in [0.1, 0.15) is 5.82 Å². The number of methoxy groups -OCH3 is 1. The molecule has 0 aliphatic heterocycles. The highest BCUT2D eigenvalue weighted by Gasteiger charge is 2.29. The van der Waals surface area contributed by atoms with Crippen LogP contribution < -0.4 is 5.32 Å². The maximum Gasteiger partial charge on any atom is 0.333 e. The molecule has 6 nitrogen and oxygen atoms in total. The number of benzene rings is 1. The summed E-state index contributed by atoms with van der Waals surface area (Å²) in [5.74, 6) is -2.29. The molecule has 0 saturated carbocycles. The lowest BCUT2D eigenvalue weighted by Gasteiger charge is -2.20. The minimum atomic E-state index is -1.21. The van der Waals surface area contributed by atoms with Crippen molar-refractivity contribution in [2.75, 3.05) is 7.11 Å². The number of halogens is 1. The Hall–Kier alpha value is -2.70. The van der Waals surface area contributed by atoms with Crippen molar-refractivity contribution in [3.05, 3.63) is 52.6 Å². The summed E-state index contributed by atoms with van der Waals surface area (Å²) >= 11 is 0. The van der Waals surface area contributed by atoms with Gasteiger partial charge in [-0.05, 0) is 26.8 Å². The SMILES string of the molecule is COC(=O)[C@@H](NC(=O)[C@H](C)c1c(C)n[nH]c1C)c1ccccc1F. The first-order valence-corrected chi connectivity index (χ1v) is 7.50. The normalized spacial score (nSPS) is 13.2. The average Bonchev–Trinajstić information content (AvgIpc) is 2.90. The van der Waals surface area contributed by atoms with Crippen molar-refractivity contribution in [1.29, 1.82) is 0 Å². The molecule has 1 aromatic heterocycles. The molecular formula is C17H20FN3O3. The smallest absolute Gasteiger partial charge is 0.333 e. The Balaban J connectivity index is 2.28. The molecule has 0 bridgehead atoms. The first-order valence-electron chi connectivity index (χ1n) is 7.50. The second kappa shape index (κ2) is 7.25. The van der Waals surface area contributed by atoms with Crippen LogP contribution in [0.4, 0.5) is 4.39 Å². The molecule has 2 aromatic rings. The molecule has 128 valence electrons.